The molecule has 7 nitrogen and oxygen atoms in total. The fourth-order valence-electron chi connectivity index (χ4n) is 1.63. The molecular weight excluding hydrogens is 371 g/mol. The van der Waals surface area contributed by atoms with Crippen LogP contribution in [0.5, 0.6) is 5.75 Å². The molecule has 1 aromatic carbocycles. The lowest BCUT2D eigenvalue weighted by Gasteiger charge is -2.09. The molecule has 0 spiro atoms. The van der Waals surface area contributed by atoms with E-state index >= 15 is 0 Å². The molecule has 134 valence electrons. The van der Waals surface area contributed by atoms with Gasteiger partial charge in [-0.05, 0) is 19.1 Å². The zero-order chi connectivity index (χ0) is 18.8. The van der Waals surface area contributed by atoms with E-state index in [0.717, 1.165) is 12.4 Å². The number of hydrogen-bond donors (Lipinski definition) is 2. The quantitative estimate of drug-likeness (QED) is 0.738. The molecule has 0 radical (unpaired) electrons. The third-order valence-electron chi connectivity index (χ3n) is 2.80. The normalized spacial score (nSPS) is 10.2. The monoisotopic (exact) mass is 386 g/mol. The lowest BCUT2D eigenvalue weighted by Crippen LogP contribution is -2.08. The maximum Gasteiger partial charge on any atom is 0.328 e. The summed E-state index contributed by atoms with van der Waals surface area (Å²) < 4.78 is 7.59. The number of aliphatic carboxylic acids is 2. The number of hydrogen-bond acceptors (Lipinski definition) is 4. The Morgan fingerprint density at radius 2 is 1.88 bits per heavy atom. The maximum absolute atomic E-state index is 9.55. The molecule has 0 fully saturated rings. The van der Waals surface area contributed by atoms with Crippen LogP contribution in [-0.2, 0) is 16.1 Å². The van der Waals surface area contributed by atoms with Gasteiger partial charge in [-0.25, -0.2) is 14.6 Å². The molecule has 2 rings (SSSR count). The molecule has 0 atom stereocenters. The zero-order valence-electron chi connectivity index (χ0n) is 13.2. The zero-order valence-corrected chi connectivity index (χ0v) is 14.7. The van der Waals surface area contributed by atoms with Gasteiger partial charge in [0, 0.05) is 24.5 Å². The summed E-state index contributed by atoms with van der Waals surface area (Å²) in [5.41, 5.74) is 0. The van der Waals surface area contributed by atoms with Gasteiger partial charge in [-0.15, -0.1) is 0 Å². The van der Waals surface area contributed by atoms with Gasteiger partial charge in [0.25, 0.3) is 0 Å². The number of imidazole rings is 1. The van der Waals surface area contributed by atoms with Gasteiger partial charge in [0.15, 0.2) is 0 Å². The molecule has 25 heavy (non-hydrogen) atoms. The fraction of sp³-hybridized carbons (Fsp3) is 0.188. The van der Waals surface area contributed by atoms with Gasteiger partial charge in [-0.1, -0.05) is 29.3 Å². The highest BCUT2D eigenvalue weighted by Gasteiger charge is 2.05. The van der Waals surface area contributed by atoms with Crippen molar-refractivity contribution in [3.63, 3.8) is 0 Å². The molecule has 0 amide bonds. The summed E-state index contributed by atoms with van der Waals surface area (Å²) in [5, 5.41) is 16.6. The number of benzene rings is 1. The molecule has 1 heterocycles. The smallest absolute Gasteiger partial charge is 0.328 e. The minimum Gasteiger partial charge on any atom is -0.490 e. The summed E-state index contributed by atoms with van der Waals surface area (Å²) in [6.45, 7) is 3.21. The number of carbonyl (C=O) groups is 2. The van der Waals surface area contributed by atoms with Crippen LogP contribution in [0.2, 0.25) is 10.0 Å². The van der Waals surface area contributed by atoms with E-state index in [0.29, 0.717) is 34.6 Å². The highest BCUT2D eigenvalue weighted by molar-refractivity contribution is 6.42. The largest absolute Gasteiger partial charge is 0.490 e. The van der Waals surface area contributed by atoms with Gasteiger partial charge in [0.1, 0.15) is 23.2 Å². The minimum absolute atomic E-state index is 0.455. The molecule has 2 aromatic rings. The second kappa shape index (κ2) is 10.4. The first kappa shape index (κ1) is 20.5. The van der Waals surface area contributed by atoms with Crippen LogP contribution in [0, 0.1) is 6.92 Å². The molecule has 2 N–H and O–H groups in total. The molecule has 0 aliphatic rings. The van der Waals surface area contributed by atoms with Crippen LogP contribution in [0.3, 0.4) is 0 Å². The summed E-state index contributed by atoms with van der Waals surface area (Å²) in [5.74, 6) is -0.942. The third-order valence-corrected chi connectivity index (χ3v) is 3.60. The van der Waals surface area contributed by atoms with E-state index in [1.165, 1.54) is 0 Å². The van der Waals surface area contributed by atoms with E-state index in [4.69, 9.17) is 38.2 Å². The lowest BCUT2D eigenvalue weighted by molar-refractivity contribution is -0.134. The predicted octanol–water partition coefficient (Wildman–Crippen LogP) is 3.29. The van der Waals surface area contributed by atoms with E-state index in [1.807, 2.05) is 23.8 Å². The maximum atomic E-state index is 9.55. The number of aromatic nitrogens is 2. The molecule has 0 unspecified atom stereocenters. The van der Waals surface area contributed by atoms with Gasteiger partial charge in [-0.2, -0.15) is 0 Å². The topological polar surface area (TPSA) is 102 Å². The van der Waals surface area contributed by atoms with E-state index in [2.05, 4.69) is 4.98 Å². The molecule has 0 saturated heterocycles. The van der Waals surface area contributed by atoms with Crippen LogP contribution in [0.15, 0.2) is 42.7 Å². The van der Waals surface area contributed by atoms with Crippen LogP contribution in [0.4, 0.5) is 0 Å². The van der Waals surface area contributed by atoms with Crippen LogP contribution in [0.25, 0.3) is 0 Å². The molecule has 0 aliphatic heterocycles. The molecular formula is C16H16Cl2N2O5. The Kier molecular flexibility index (Phi) is 8.52. The molecule has 9 heteroatoms. The number of aryl methyl sites for hydroxylation is 1. The van der Waals surface area contributed by atoms with Crippen molar-refractivity contribution < 1.29 is 24.5 Å². The third kappa shape index (κ3) is 7.73. The van der Waals surface area contributed by atoms with Gasteiger partial charge in [-0.3, -0.25) is 0 Å². The van der Waals surface area contributed by atoms with E-state index in [9.17, 15) is 9.59 Å². The van der Waals surface area contributed by atoms with Crippen molar-refractivity contribution in [3.05, 3.63) is 58.6 Å². The highest BCUT2D eigenvalue weighted by Crippen LogP contribution is 2.31. The molecule has 1 aromatic heterocycles. The summed E-state index contributed by atoms with van der Waals surface area (Å²) in [7, 11) is 0. The number of halogens is 2. The highest BCUT2D eigenvalue weighted by atomic mass is 35.5. The Bertz CT molecular complexity index is 743. The molecule has 0 bridgehead atoms. The van der Waals surface area contributed by atoms with Crippen LogP contribution < -0.4 is 4.74 Å². The van der Waals surface area contributed by atoms with E-state index < -0.39 is 11.9 Å². The second-order valence-corrected chi connectivity index (χ2v) is 5.36. The average molecular weight is 387 g/mol. The number of ether oxygens (including phenoxy) is 1. The average Bonchev–Trinajstić information content (AvgIpc) is 2.95. The Hall–Kier alpha value is -2.51. The Morgan fingerprint density at radius 3 is 2.40 bits per heavy atom. The standard InChI is InChI=1S/C12H12Cl2N2O.C4H4O4/c1-9-15-5-6-16(9)7-8-17-11-4-2-3-10(13)12(11)14;5-3(6)1-2-4(7)8/h2-6H,7-8H2,1H3;1-2H,(H,5,6)(H,7,8)/b;2-1-. The number of nitrogens with zero attached hydrogens (tertiary/aromatic N) is 2. The number of carboxylic acids is 2. The first-order chi connectivity index (χ1) is 11.8. The van der Waals surface area contributed by atoms with Crippen LogP contribution >= 0.6 is 23.2 Å². The molecule has 0 saturated carbocycles. The van der Waals surface area contributed by atoms with Crippen molar-refractivity contribution in [2.45, 2.75) is 13.5 Å². The van der Waals surface area contributed by atoms with Gasteiger partial charge < -0.3 is 19.5 Å². The van der Waals surface area contributed by atoms with E-state index in [1.54, 1.807) is 18.3 Å². The lowest BCUT2D eigenvalue weighted by atomic mass is 10.3. The summed E-state index contributed by atoms with van der Waals surface area (Å²) in [6, 6.07) is 5.34. The Morgan fingerprint density at radius 1 is 1.24 bits per heavy atom. The minimum atomic E-state index is -1.26. The Labute approximate surface area is 154 Å². The van der Waals surface area contributed by atoms with Crippen LogP contribution in [-0.4, -0.2) is 38.3 Å². The van der Waals surface area contributed by atoms with Gasteiger partial charge in [0.2, 0.25) is 0 Å². The first-order valence-electron chi connectivity index (χ1n) is 6.99. The van der Waals surface area contributed by atoms with Crippen molar-refractivity contribution in [1.82, 2.24) is 9.55 Å². The number of carboxylic acid groups (broad SMARTS) is 2. The van der Waals surface area contributed by atoms with Crippen molar-refractivity contribution >= 4 is 35.1 Å². The Balaban J connectivity index is 0.000000333. The first-order valence-corrected chi connectivity index (χ1v) is 7.75. The van der Waals surface area contributed by atoms with E-state index in [-0.39, 0.29) is 0 Å². The second-order valence-electron chi connectivity index (χ2n) is 4.58. The summed E-state index contributed by atoms with van der Waals surface area (Å²) >= 11 is 11.9. The van der Waals surface area contributed by atoms with Crippen molar-refractivity contribution in [2.75, 3.05) is 6.61 Å². The van der Waals surface area contributed by atoms with Crippen molar-refractivity contribution in [3.8, 4) is 5.75 Å². The van der Waals surface area contributed by atoms with Crippen molar-refractivity contribution in [2.24, 2.45) is 0 Å². The predicted molar refractivity (Wildman–Crippen MR) is 93.3 cm³/mol. The fourth-order valence-corrected chi connectivity index (χ4v) is 1.98. The summed E-state index contributed by atoms with van der Waals surface area (Å²) in [6.07, 6.45) is 4.80. The van der Waals surface area contributed by atoms with Crippen LogP contribution in [0.1, 0.15) is 5.82 Å². The number of rotatable bonds is 6. The summed E-state index contributed by atoms with van der Waals surface area (Å²) in [4.78, 5) is 23.2. The van der Waals surface area contributed by atoms with Gasteiger partial charge in [0.05, 0.1) is 11.6 Å². The van der Waals surface area contributed by atoms with Gasteiger partial charge >= 0.3 is 11.9 Å². The van der Waals surface area contributed by atoms with Crippen molar-refractivity contribution in [1.29, 1.82) is 0 Å². The SMILES string of the molecule is Cc1nccn1CCOc1cccc(Cl)c1Cl.O=C(O)/C=C\C(=O)O. The molecule has 0 aliphatic carbocycles.